The Labute approximate surface area is 118 Å². The third-order valence-electron chi connectivity index (χ3n) is 2.98. The number of morpholine rings is 1. The number of nitrogens with one attached hydrogen (secondary N) is 1. The van der Waals surface area contributed by atoms with Crippen molar-refractivity contribution in [2.24, 2.45) is 0 Å². The predicted molar refractivity (Wildman–Crippen MR) is 72.4 cm³/mol. The van der Waals surface area contributed by atoms with E-state index in [1.165, 1.54) is 0 Å². The lowest BCUT2D eigenvalue weighted by Gasteiger charge is -2.33. The van der Waals surface area contributed by atoms with Gasteiger partial charge >= 0.3 is 0 Å². The normalized spacial score (nSPS) is 19.9. The summed E-state index contributed by atoms with van der Waals surface area (Å²) in [5.41, 5.74) is 0.952. The number of carbonyl (C=O) groups is 1. The van der Waals surface area contributed by atoms with Gasteiger partial charge in [0.25, 0.3) is 0 Å². The highest BCUT2D eigenvalue weighted by atomic mass is 32.2. The molecule has 0 bridgehead atoms. The Morgan fingerprint density at radius 1 is 1.50 bits per heavy atom. The molecule has 1 saturated heterocycles. The SMILES string of the molecule is CS(=O)(=O)NCC(=O)N1CCO[C@@H](c2ccncc2)C1. The van der Waals surface area contributed by atoms with Gasteiger partial charge in [-0.2, -0.15) is 0 Å². The first-order chi connectivity index (χ1) is 9.46. The number of sulfonamides is 1. The van der Waals surface area contributed by atoms with Gasteiger partial charge in [-0.15, -0.1) is 0 Å². The Hall–Kier alpha value is -1.51. The van der Waals surface area contributed by atoms with E-state index < -0.39 is 10.0 Å². The van der Waals surface area contributed by atoms with Crippen molar-refractivity contribution in [3.05, 3.63) is 30.1 Å². The molecule has 1 aliphatic heterocycles. The lowest BCUT2D eigenvalue weighted by molar-refractivity contribution is -0.137. The fraction of sp³-hybridized carbons (Fsp3) is 0.500. The molecule has 0 aliphatic carbocycles. The molecule has 20 heavy (non-hydrogen) atoms. The molecule has 1 aliphatic rings. The lowest BCUT2D eigenvalue weighted by Crippen LogP contribution is -2.46. The van der Waals surface area contributed by atoms with E-state index >= 15 is 0 Å². The van der Waals surface area contributed by atoms with Crippen molar-refractivity contribution >= 4 is 15.9 Å². The topological polar surface area (TPSA) is 88.6 Å². The van der Waals surface area contributed by atoms with Crippen molar-refractivity contribution in [1.29, 1.82) is 0 Å². The molecule has 1 aromatic heterocycles. The maximum atomic E-state index is 12.0. The van der Waals surface area contributed by atoms with Gasteiger partial charge in [0.2, 0.25) is 15.9 Å². The predicted octanol–water partition coefficient (Wildman–Crippen LogP) is -0.469. The molecule has 1 amide bonds. The van der Waals surface area contributed by atoms with Crippen LogP contribution in [0.4, 0.5) is 0 Å². The third-order valence-corrected chi connectivity index (χ3v) is 3.65. The van der Waals surface area contributed by atoms with Crippen LogP contribution in [0, 0.1) is 0 Å². The van der Waals surface area contributed by atoms with Crippen LogP contribution in [0.2, 0.25) is 0 Å². The minimum Gasteiger partial charge on any atom is -0.370 e. The van der Waals surface area contributed by atoms with Crippen LogP contribution in [0.5, 0.6) is 0 Å². The molecule has 1 atom stereocenters. The van der Waals surface area contributed by atoms with E-state index in [1.54, 1.807) is 17.3 Å². The molecule has 0 aromatic carbocycles. The number of carbonyl (C=O) groups excluding carboxylic acids is 1. The number of hydrogen-bond acceptors (Lipinski definition) is 5. The smallest absolute Gasteiger partial charge is 0.237 e. The zero-order chi connectivity index (χ0) is 14.6. The number of nitrogens with zero attached hydrogens (tertiary/aromatic N) is 2. The second kappa shape index (κ2) is 6.29. The Morgan fingerprint density at radius 3 is 2.85 bits per heavy atom. The van der Waals surface area contributed by atoms with Gasteiger partial charge in [-0.25, -0.2) is 13.1 Å². The summed E-state index contributed by atoms with van der Waals surface area (Å²) in [6.07, 6.45) is 4.17. The van der Waals surface area contributed by atoms with Crippen molar-refractivity contribution in [2.45, 2.75) is 6.10 Å². The maximum Gasteiger partial charge on any atom is 0.237 e. The van der Waals surface area contributed by atoms with Gasteiger partial charge in [-0.3, -0.25) is 9.78 Å². The zero-order valence-electron chi connectivity index (χ0n) is 11.2. The van der Waals surface area contributed by atoms with Crippen molar-refractivity contribution in [3.8, 4) is 0 Å². The molecule has 0 unspecified atom stereocenters. The summed E-state index contributed by atoms with van der Waals surface area (Å²) in [4.78, 5) is 17.5. The van der Waals surface area contributed by atoms with E-state index in [1.807, 2.05) is 12.1 Å². The van der Waals surface area contributed by atoms with Crippen molar-refractivity contribution in [1.82, 2.24) is 14.6 Å². The van der Waals surface area contributed by atoms with Crippen LogP contribution in [0.3, 0.4) is 0 Å². The molecule has 1 N–H and O–H groups in total. The Kier molecular flexibility index (Phi) is 4.69. The first-order valence-corrected chi connectivity index (χ1v) is 8.09. The van der Waals surface area contributed by atoms with Crippen molar-refractivity contribution in [3.63, 3.8) is 0 Å². The molecule has 2 heterocycles. The standard InChI is InChI=1S/C12H17N3O4S/c1-20(17,18)14-8-12(16)15-6-7-19-11(9-15)10-2-4-13-5-3-10/h2-5,11,14H,6-9H2,1H3/t11-/m1/s1. The number of aromatic nitrogens is 1. The number of hydrogen-bond donors (Lipinski definition) is 1. The van der Waals surface area contributed by atoms with E-state index in [4.69, 9.17) is 4.74 Å². The molecule has 0 spiro atoms. The molecule has 1 fully saturated rings. The van der Waals surface area contributed by atoms with Gasteiger partial charge < -0.3 is 9.64 Å². The van der Waals surface area contributed by atoms with Crippen LogP contribution < -0.4 is 4.72 Å². The summed E-state index contributed by atoms with van der Waals surface area (Å²) in [5, 5.41) is 0. The largest absolute Gasteiger partial charge is 0.370 e. The molecule has 7 nitrogen and oxygen atoms in total. The third kappa shape index (κ3) is 4.26. The highest BCUT2D eigenvalue weighted by molar-refractivity contribution is 7.88. The summed E-state index contributed by atoms with van der Waals surface area (Å²) in [6, 6.07) is 3.68. The van der Waals surface area contributed by atoms with Crippen LogP contribution >= 0.6 is 0 Å². The fourth-order valence-corrected chi connectivity index (χ4v) is 2.35. The van der Waals surface area contributed by atoms with Crippen LogP contribution in [0.15, 0.2) is 24.5 Å². The first-order valence-electron chi connectivity index (χ1n) is 6.19. The van der Waals surface area contributed by atoms with Crippen LogP contribution in [0.25, 0.3) is 0 Å². The minimum absolute atomic E-state index is 0.200. The zero-order valence-corrected chi connectivity index (χ0v) is 12.0. The van der Waals surface area contributed by atoms with Gasteiger partial charge in [-0.1, -0.05) is 0 Å². The average Bonchev–Trinajstić information content (AvgIpc) is 2.45. The molecule has 2 rings (SSSR count). The lowest BCUT2D eigenvalue weighted by atomic mass is 10.1. The first kappa shape index (κ1) is 14.9. The summed E-state index contributed by atoms with van der Waals surface area (Å²) in [7, 11) is -3.36. The van der Waals surface area contributed by atoms with E-state index in [0.29, 0.717) is 19.7 Å². The maximum absolute atomic E-state index is 12.0. The van der Waals surface area contributed by atoms with Gasteiger partial charge in [0.05, 0.1) is 26.0 Å². The van der Waals surface area contributed by atoms with E-state index in [2.05, 4.69) is 9.71 Å². The monoisotopic (exact) mass is 299 g/mol. The Balaban J connectivity index is 1.95. The van der Waals surface area contributed by atoms with Crippen LogP contribution in [-0.2, 0) is 19.6 Å². The second-order valence-corrected chi connectivity index (χ2v) is 6.41. The van der Waals surface area contributed by atoms with Crippen LogP contribution in [0.1, 0.15) is 11.7 Å². The van der Waals surface area contributed by atoms with Crippen LogP contribution in [-0.4, -0.2) is 56.7 Å². The van der Waals surface area contributed by atoms with Gasteiger partial charge in [-0.05, 0) is 17.7 Å². The number of pyridine rings is 1. The quantitative estimate of drug-likeness (QED) is 0.812. The van der Waals surface area contributed by atoms with Gasteiger partial charge in [0, 0.05) is 18.9 Å². The van der Waals surface area contributed by atoms with Crippen molar-refractivity contribution < 1.29 is 17.9 Å². The summed E-state index contributed by atoms with van der Waals surface area (Å²) >= 11 is 0. The molecule has 110 valence electrons. The highest BCUT2D eigenvalue weighted by Gasteiger charge is 2.25. The Morgan fingerprint density at radius 2 is 2.20 bits per heavy atom. The fourth-order valence-electron chi connectivity index (χ4n) is 1.96. The van der Waals surface area contributed by atoms with Gasteiger partial charge in [0.15, 0.2) is 0 Å². The molecule has 1 aromatic rings. The highest BCUT2D eigenvalue weighted by Crippen LogP contribution is 2.21. The number of rotatable bonds is 4. The van der Waals surface area contributed by atoms with E-state index in [-0.39, 0.29) is 18.6 Å². The summed E-state index contributed by atoms with van der Waals surface area (Å²) < 4.78 is 29.8. The molecular formula is C12H17N3O4S. The average molecular weight is 299 g/mol. The van der Waals surface area contributed by atoms with Gasteiger partial charge in [0.1, 0.15) is 6.10 Å². The molecule has 8 heteroatoms. The molecule has 0 radical (unpaired) electrons. The van der Waals surface area contributed by atoms with E-state index in [0.717, 1.165) is 11.8 Å². The molecule has 0 saturated carbocycles. The minimum atomic E-state index is -3.36. The second-order valence-electron chi connectivity index (χ2n) is 4.57. The van der Waals surface area contributed by atoms with E-state index in [9.17, 15) is 13.2 Å². The number of ether oxygens (including phenoxy) is 1. The van der Waals surface area contributed by atoms with Crippen molar-refractivity contribution in [2.75, 3.05) is 32.5 Å². The summed E-state index contributed by atoms with van der Waals surface area (Å²) in [5.74, 6) is -0.252. The number of amides is 1. The summed E-state index contributed by atoms with van der Waals surface area (Å²) in [6.45, 7) is 1.08. The molecular weight excluding hydrogens is 282 g/mol. The Bertz CT molecular complexity index is 561.